The van der Waals surface area contributed by atoms with Crippen molar-refractivity contribution in [3.05, 3.63) is 28.8 Å². The first kappa shape index (κ1) is 12.5. The van der Waals surface area contributed by atoms with Gasteiger partial charge in [0.1, 0.15) is 11.8 Å². The van der Waals surface area contributed by atoms with Crippen LogP contribution < -0.4 is 5.32 Å². The maximum atomic E-state index is 11.6. The van der Waals surface area contributed by atoms with E-state index in [4.69, 9.17) is 4.74 Å². The molecule has 102 valence electrons. The lowest BCUT2D eigenvalue weighted by molar-refractivity contribution is -0.139. The number of aromatic hydroxyl groups is 1. The molecule has 0 spiro atoms. The van der Waals surface area contributed by atoms with Crippen molar-refractivity contribution in [1.82, 2.24) is 5.32 Å². The van der Waals surface area contributed by atoms with Gasteiger partial charge in [-0.1, -0.05) is 13.0 Å². The smallest absolute Gasteiger partial charge is 0.323 e. The normalized spacial score (nSPS) is 29.4. The zero-order valence-corrected chi connectivity index (χ0v) is 11.3. The van der Waals surface area contributed by atoms with Gasteiger partial charge in [0.05, 0.1) is 6.61 Å². The number of esters is 1. The number of cyclic esters (lactones) is 1. The zero-order chi connectivity index (χ0) is 13.6. The van der Waals surface area contributed by atoms with E-state index in [9.17, 15) is 9.90 Å². The molecule has 1 saturated heterocycles. The predicted octanol–water partition coefficient (Wildman–Crippen LogP) is 2.15. The molecule has 0 radical (unpaired) electrons. The summed E-state index contributed by atoms with van der Waals surface area (Å²) < 4.78 is 4.98. The Kier molecular flexibility index (Phi) is 2.97. The maximum Gasteiger partial charge on any atom is 0.323 e. The lowest BCUT2D eigenvalue weighted by Crippen LogP contribution is -2.35. The molecule has 4 nitrogen and oxygen atoms in total. The molecule has 3 atom stereocenters. The van der Waals surface area contributed by atoms with Crippen LogP contribution in [0.25, 0.3) is 0 Å². The van der Waals surface area contributed by atoms with Crippen LogP contribution in [-0.4, -0.2) is 23.7 Å². The Morgan fingerprint density at radius 2 is 2.11 bits per heavy atom. The van der Waals surface area contributed by atoms with E-state index >= 15 is 0 Å². The van der Waals surface area contributed by atoms with Crippen LogP contribution in [0.3, 0.4) is 0 Å². The Morgan fingerprint density at radius 3 is 2.79 bits per heavy atom. The monoisotopic (exact) mass is 261 g/mol. The lowest BCUT2D eigenvalue weighted by atomic mass is 9.97. The van der Waals surface area contributed by atoms with Gasteiger partial charge in [-0.3, -0.25) is 10.1 Å². The van der Waals surface area contributed by atoms with E-state index in [-0.39, 0.29) is 18.1 Å². The number of hydrogen-bond acceptors (Lipinski definition) is 4. The number of phenols is 1. The molecular formula is C15H19NO3. The number of phenolic OH excluding ortho intramolecular Hbond substituents is 1. The van der Waals surface area contributed by atoms with E-state index in [0.29, 0.717) is 24.7 Å². The van der Waals surface area contributed by atoms with Crippen molar-refractivity contribution in [2.75, 3.05) is 6.61 Å². The fourth-order valence-electron chi connectivity index (χ4n) is 3.38. The van der Waals surface area contributed by atoms with Crippen molar-refractivity contribution >= 4 is 5.97 Å². The molecule has 19 heavy (non-hydrogen) atoms. The summed E-state index contributed by atoms with van der Waals surface area (Å²) in [6.45, 7) is 4.73. The highest BCUT2D eigenvalue weighted by atomic mass is 16.5. The highest BCUT2D eigenvalue weighted by Gasteiger charge is 2.36. The summed E-state index contributed by atoms with van der Waals surface area (Å²) in [4.78, 5) is 11.6. The first-order chi connectivity index (χ1) is 9.08. The SMILES string of the molecule is Cc1ccc(O)c2c1C(C)CC2NC1CCOC1=O. The van der Waals surface area contributed by atoms with E-state index in [0.717, 1.165) is 12.0 Å². The number of aryl methyl sites for hydroxylation is 1. The summed E-state index contributed by atoms with van der Waals surface area (Å²) >= 11 is 0. The first-order valence-electron chi connectivity index (χ1n) is 6.83. The molecule has 0 aromatic heterocycles. The van der Waals surface area contributed by atoms with Crippen LogP contribution in [0.1, 0.15) is 48.4 Å². The van der Waals surface area contributed by atoms with Gasteiger partial charge in [0.2, 0.25) is 0 Å². The Balaban J connectivity index is 1.91. The Bertz CT molecular complexity index is 526. The van der Waals surface area contributed by atoms with Crippen molar-refractivity contribution in [2.45, 2.75) is 44.7 Å². The van der Waals surface area contributed by atoms with Crippen LogP contribution in [0, 0.1) is 6.92 Å². The molecular weight excluding hydrogens is 242 g/mol. The Morgan fingerprint density at radius 1 is 1.32 bits per heavy atom. The van der Waals surface area contributed by atoms with E-state index in [1.54, 1.807) is 6.07 Å². The number of hydrogen-bond donors (Lipinski definition) is 2. The minimum Gasteiger partial charge on any atom is -0.508 e. The third-order valence-electron chi connectivity index (χ3n) is 4.25. The van der Waals surface area contributed by atoms with Gasteiger partial charge in [-0.05, 0) is 36.5 Å². The van der Waals surface area contributed by atoms with Crippen LogP contribution in [0.5, 0.6) is 5.75 Å². The van der Waals surface area contributed by atoms with Crippen molar-refractivity contribution in [2.24, 2.45) is 0 Å². The average molecular weight is 261 g/mol. The van der Waals surface area contributed by atoms with Crippen LogP contribution in [0.4, 0.5) is 0 Å². The van der Waals surface area contributed by atoms with Crippen LogP contribution in [-0.2, 0) is 9.53 Å². The quantitative estimate of drug-likeness (QED) is 0.801. The molecule has 2 aliphatic rings. The van der Waals surface area contributed by atoms with Gasteiger partial charge in [-0.25, -0.2) is 0 Å². The Labute approximate surface area is 112 Å². The van der Waals surface area contributed by atoms with Gasteiger partial charge in [-0.2, -0.15) is 0 Å². The maximum absolute atomic E-state index is 11.6. The fraction of sp³-hybridized carbons (Fsp3) is 0.533. The number of nitrogens with one attached hydrogen (secondary N) is 1. The predicted molar refractivity (Wildman–Crippen MR) is 71.1 cm³/mol. The second-order valence-electron chi connectivity index (χ2n) is 5.59. The molecule has 1 aromatic carbocycles. The molecule has 0 amide bonds. The van der Waals surface area contributed by atoms with Crippen LogP contribution in [0.2, 0.25) is 0 Å². The molecule has 1 heterocycles. The van der Waals surface area contributed by atoms with E-state index in [2.05, 4.69) is 19.2 Å². The largest absolute Gasteiger partial charge is 0.508 e. The van der Waals surface area contributed by atoms with Gasteiger partial charge in [0.15, 0.2) is 0 Å². The number of ether oxygens (including phenoxy) is 1. The number of fused-ring (bicyclic) bond motifs is 1. The van der Waals surface area contributed by atoms with Gasteiger partial charge in [-0.15, -0.1) is 0 Å². The molecule has 1 aliphatic heterocycles. The summed E-state index contributed by atoms with van der Waals surface area (Å²) in [6, 6.07) is 3.51. The highest BCUT2D eigenvalue weighted by Crippen LogP contribution is 2.46. The molecule has 3 rings (SSSR count). The molecule has 2 N–H and O–H groups in total. The number of carbonyl (C=O) groups excluding carboxylic acids is 1. The van der Waals surface area contributed by atoms with Crippen LogP contribution >= 0.6 is 0 Å². The van der Waals surface area contributed by atoms with E-state index in [1.165, 1.54) is 11.1 Å². The highest BCUT2D eigenvalue weighted by molar-refractivity contribution is 5.77. The second kappa shape index (κ2) is 4.53. The van der Waals surface area contributed by atoms with Crippen LogP contribution in [0.15, 0.2) is 12.1 Å². The summed E-state index contributed by atoms with van der Waals surface area (Å²) in [5, 5.41) is 13.5. The van der Waals surface area contributed by atoms with Gasteiger partial charge in [0, 0.05) is 18.0 Å². The van der Waals surface area contributed by atoms with Crippen molar-refractivity contribution in [1.29, 1.82) is 0 Å². The summed E-state index contributed by atoms with van der Waals surface area (Å²) in [7, 11) is 0. The Hall–Kier alpha value is -1.55. The van der Waals surface area contributed by atoms with E-state index in [1.807, 2.05) is 6.07 Å². The molecule has 3 unspecified atom stereocenters. The molecule has 1 aliphatic carbocycles. The third-order valence-corrected chi connectivity index (χ3v) is 4.25. The minimum absolute atomic E-state index is 0.0422. The van der Waals surface area contributed by atoms with Crippen molar-refractivity contribution in [3.8, 4) is 5.75 Å². The summed E-state index contributed by atoms with van der Waals surface area (Å²) in [6.07, 6.45) is 1.63. The fourth-order valence-corrected chi connectivity index (χ4v) is 3.38. The third kappa shape index (κ3) is 2.00. The van der Waals surface area contributed by atoms with Gasteiger partial charge >= 0.3 is 5.97 Å². The van der Waals surface area contributed by atoms with Gasteiger partial charge < -0.3 is 9.84 Å². The molecule has 1 aromatic rings. The van der Waals surface area contributed by atoms with E-state index < -0.39 is 0 Å². The topological polar surface area (TPSA) is 58.6 Å². The molecule has 4 heteroatoms. The van der Waals surface area contributed by atoms with Crippen molar-refractivity contribution < 1.29 is 14.6 Å². The summed E-state index contributed by atoms with van der Waals surface area (Å²) in [5.41, 5.74) is 3.40. The number of carbonyl (C=O) groups is 1. The standard InChI is InChI=1S/C15H19NO3/c1-8-3-4-12(17)14-11(7-9(2)13(8)14)16-10-5-6-19-15(10)18/h3-4,9-11,16-17H,5-7H2,1-2H3. The number of benzene rings is 1. The number of rotatable bonds is 2. The molecule has 1 fully saturated rings. The second-order valence-corrected chi connectivity index (χ2v) is 5.59. The molecule has 0 saturated carbocycles. The van der Waals surface area contributed by atoms with Crippen molar-refractivity contribution in [3.63, 3.8) is 0 Å². The molecule has 0 bridgehead atoms. The lowest BCUT2D eigenvalue weighted by Gasteiger charge is -2.18. The zero-order valence-electron chi connectivity index (χ0n) is 11.3. The first-order valence-corrected chi connectivity index (χ1v) is 6.83. The summed E-state index contributed by atoms with van der Waals surface area (Å²) in [5.74, 6) is 0.555. The van der Waals surface area contributed by atoms with Gasteiger partial charge in [0.25, 0.3) is 0 Å². The average Bonchev–Trinajstić information content (AvgIpc) is 2.91. The minimum atomic E-state index is -0.233.